The molecule has 0 radical (unpaired) electrons. The second-order valence-corrected chi connectivity index (χ2v) is 5.32. The highest BCUT2D eigenvalue weighted by Crippen LogP contribution is 2.27. The lowest BCUT2D eigenvalue weighted by molar-refractivity contribution is -0.384. The number of halogens is 3. The fourth-order valence-corrected chi connectivity index (χ4v) is 2.17. The monoisotopic (exact) mass is 356 g/mol. The van der Waals surface area contributed by atoms with Crippen molar-refractivity contribution in [3.8, 4) is 0 Å². The van der Waals surface area contributed by atoms with Gasteiger partial charge in [-0.2, -0.15) is 0 Å². The lowest BCUT2D eigenvalue weighted by Gasteiger charge is -2.16. The van der Waals surface area contributed by atoms with E-state index in [9.17, 15) is 18.9 Å². The molecule has 2 aromatic rings. The normalized spacial score (nSPS) is 12.0. The second-order valence-electron chi connectivity index (χ2n) is 4.46. The average molecular weight is 357 g/mol. The van der Waals surface area contributed by atoms with Crippen LogP contribution in [0, 0.1) is 21.7 Å². The molecule has 0 fully saturated rings. The maximum Gasteiger partial charge on any atom is 0.269 e. The minimum absolute atomic E-state index is 0.00490. The van der Waals surface area contributed by atoms with Crippen molar-refractivity contribution in [1.82, 2.24) is 0 Å². The van der Waals surface area contributed by atoms with Gasteiger partial charge in [0.2, 0.25) is 0 Å². The first-order chi connectivity index (χ1) is 9.88. The van der Waals surface area contributed by atoms with Gasteiger partial charge in [0.15, 0.2) is 0 Å². The van der Waals surface area contributed by atoms with Gasteiger partial charge in [-0.3, -0.25) is 10.1 Å². The van der Waals surface area contributed by atoms with Gasteiger partial charge in [-0.25, -0.2) is 8.78 Å². The Labute approximate surface area is 128 Å². The zero-order valence-corrected chi connectivity index (χ0v) is 12.5. The first-order valence-corrected chi connectivity index (χ1v) is 6.83. The van der Waals surface area contributed by atoms with E-state index < -0.39 is 22.6 Å². The third-order valence-electron chi connectivity index (χ3n) is 2.96. The van der Waals surface area contributed by atoms with Crippen molar-refractivity contribution in [3.63, 3.8) is 0 Å². The number of hydrogen-bond donors (Lipinski definition) is 1. The Hall–Kier alpha value is -2.02. The third kappa shape index (κ3) is 3.55. The molecule has 1 unspecified atom stereocenters. The molecule has 0 aliphatic rings. The summed E-state index contributed by atoms with van der Waals surface area (Å²) in [6, 6.07) is 7.63. The summed E-state index contributed by atoms with van der Waals surface area (Å²) in [6.45, 7) is 1.71. The highest BCUT2D eigenvalue weighted by atomic mass is 79.9. The topological polar surface area (TPSA) is 55.2 Å². The largest absolute Gasteiger partial charge is 0.376 e. The van der Waals surface area contributed by atoms with Crippen molar-refractivity contribution in [1.29, 1.82) is 0 Å². The van der Waals surface area contributed by atoms with Crippen LogP contribution in [0.2, 0.25) is 0 Å². The van der Waals surface area contributed by atoms with E-state index in [1.54, 1.807) is 19.1 Å². The molecule has 2 rings (SSSR count). The van der Waals surface area contributed by atoms with Crippen molar-refractivity contribution in [2.45, 2.75) is 13.0 Å². The van der Waals surface area contributed by atoms with Crippen molar-refractivity contribution in [3.05, 3.63) is 68.2 Å². The van der Waals surface area contributed by atoms with E-state index in [2.05, 4.69) is 21.2 Å². The smallest absolute Gasteiger partial charge is 0.269 e. The van der Waals surface area contributed by atoms with E-state index in [0.717, 1.165) is 12.1 Å². The average Bonchev–Trinajstić information content (AvgIpc) is 2.44. The molecule has 0 heterocycles. The summed E-state index contributed by atoms with van der Waals surface area (Å²) in [7, 11) is 0. The first kappa shape index (κ1) is 15.4. The molecular weight excluding hydrogens is 346 g/mol. The Morgan fingerprint density at radius 1 is 1.24 bits per heavy atom. The highest BCUT2D eigenvalue weighted by molar-refractivity contribution is 9.10. The molecule has 0 saturated carbocycles. The van der Waals surface area contributed by atoms with Gasteiger partial charge in [-0.1, -0.05) is 12.1 Å². The van der Waals surface area contributed by atoms with Gasteiger partial charge in [0.1, 0.15) is 11.6 Å². The maximum absolute atomic E-state index is 13.7. The van der Waals surface area contributed by atoms with Crippen LogP contribution < -0.4 is 5.32 Å². The molecule has 110 valence electrons. The quantitative estimate of drug-likeness (QED) is 0.485. The standard InChI is InChI=1S/C14H11BrF2N2O2/c1-8(9-3-2-4-10(5-9)19(20)21)18-14-7-12(16)11(15)6-13(14)17/h2-8,18H,1H3. The van der Waals surface area contributed by atoms with E-state index in [-0.39, 0.29) is 15.8 Å². The first-order valence-electron chi connectivity index (χ1n) is 6.04. The molecule has 0 aliphatic heterocycles. The number of nitro groups is 1. The van der Waals surface area contributed by atoms with Crippen LogP contribution in [0.1, 0.15) is 18.5 Å². The fourth-order valence-electron chi connectivity index (χ4n) is 1.86. The minimum Gasteiger partial charge on any atom is -0.376 e. The van der Waals surface area contributed by atoms with Gasteiger partial charge < -0.3 is 5.32 Å². The van der Waals surface area contributed by atoms with Crippen molar-refractivity contribution >= 4 is 27.3 Å². The van der Waals surface area contributed by atoms with Gasteiger partial charge in [0, 0.05) is 24.2 Å². The lowest BCUT2D eigenvalue weighted by atomic mass is 10.1. The van der Waals surface area contributed by atoms with Crippen LogP contribution in [0.4, 0.5) is 20.2 Å². The summed E-state index contributed by atoms with van der Waals surface area (Å²) in [5.74, 6) is -1.20. The van der Waals surface area contributed by atoms with Crippen molar-refractivity contribution < 1.29 is 13.7 Å². The summed E-state index contributed by atoms with van der Waals surface area (Å²) >= 11 is 2.90. The summed E-state index contributed by atoms with van der Waals surface area (Å²) in [4.78, 5) is 10.2. The number of non-ortho nitro benzene ring substituents is 1. The van der Waals surface area contributed by atoms with E-state index >= 15 is 0 Å². The number of rotatable bonds is 4. The Balaban J connectivity index is 2.26. The van der Waals surface area contributed by atoms with Gasteiger partial charge in [0.05, 0.1) is 15.1 Å². The molecule has 7 heteroatoms. The van der Waals surface area contributed by atoms with E-state index in [4.69, 9.17) is 0 Å². The molecule has 0 saturated heterocycles. The summed E-state index contributed by atoms with van der Waals surface area (Å²) < 4.78 is 27.2. The van der Waals surface area contributed by atoms with Gasteiger partial charge in [-0.15, -0.1) is 0 Å². The predicted molar refractivity (Wildman–Crippen MR) is 79.2 cm³/mol. The van der Waals surface area contributed by atoms with Crippen LogP contribution in [0.5, 0.6) is 0 Å². The van der Waals surface area contributed by atoms with Crippen LogP contribution in [0.3, 0.4) is 0 Å². The van der Waals surface area contributed by atoms with Crippen molar-refractivity contribution in [2.24, 2.45) is 0 Å². The number of anilines is 1. The zero-order chi connectivity index (χ0) is 15.6. The van der Waals surface area contributed by atoms with E-state index in [0.29, 0.717) is 5.56 Å². The Morgan fingerprint density at radius 2 is 1.95 bits per heavy atom. The fraction of sp³-hybridized carbons (Fsp3) is 0.143. The predicted octanol–water partition coefficient (Wildman–Crippen LogP) is 4.81. The van der Waals surface area contributed by atoms with Gasteiger partial charge in [0.25, 0.3) is 5.69 Å². The Morgan fingerprint density at radius 3 is 2.62 bits per heavy atom. The van der Waals surface area contributed by atoms with Crippen LogP contribution >= 0.6 is 15.9 Å². The molecule has 0 bridgehead atoms. The number of nitro benzene ring substituents is 1. The number of hydrogen-bond acceptors (Lipinski definition) is 3. The molecule has 1 atom stereocenters. The van der Waals surface area contributed by atoms with Crippen LogP contribution in [-0.2, 0) is 0 Å². The number of nitrogens with one attached hydrogen (secondary N) is 1. The molecule has 0 amide bonds. The summed E-state index contributed by atoms with van der Waals surface area (Å²) in [5, 5.41) is 13.5. The van der Waals surface area contributed by atoms with E-state index in [1.807, 2.05) is 0 Å². The summed E-state index contributed by atoms with van der Waals surface area (Å²) in [5.41, 5.74) is 0.547. The maximum atomic E-state index is 13.7. The Bertz CT molecular complexity index is 695. The van der Waals surface area contributed by atoms with Gasteiger partial charge in [-0.05, 0) is 34.5 Å². The summed E-state index contributed by atoms with van der Waals surface area (Å²) in [6.07, 6.45) is 0. The van der Waals surface area contributed by atoms with Gasteiger partial charge >= 0.3 is 0 Å². The molecule has 0 aromatic heterocycles. The van der Waals surface area contributed by atoms with Crippen LogP contribution in [0.15, 0.2) is 40.9 Å². The lowest BCUT2D eigenvalue weighted by Crippen LogP contribution is -2.08. The molecule has 2 aromatic carbocycles. The molecule has 1 N–H and O–H groups in total. The van der Waals surface area contributed by atoms with Crippen molar-refractivity contribution in [2.75, 3.05) is 5.32 Å². The number of nitrogens with zero attached hydrogens (tertiary/aromatic N) is 1. The van der Waals surface area contributed by atoms with E-state index in [1.165, 1.54) is 12.1 Å². The molecule has 0 spiro atoms. The number of benzene rings is 2. The van der Waals surface area contributed by atoms with Crippen LogP contribution in [0.25, 0.3) is 0 Å². The molecule has 0 aliphatic carbocycles. The second kappa shape index (κ2) is 6.17. The zero-order valence-electron chi connectivity index (χ0n) is 10.9. The molecule has 21 heavy (non-hydrogen) atoms. The highest BCUT2D eigenvalue weighted by Gasteiger charge is 2.14. The van der Waals surface area contributed by atoms with Crippen LogP contribution in [-0.4, -0.2) is 4.92 Å². The molecule has 4 nitrogen and oxygen atoms in total. The Kier molecular flexibility index (Phi) is 4.52. The SMILES string of the molecule is CC(Nc1cc(F)c(Br)cc1F)c1cccc([N+](=O)[O-])c1. The third-order valence-corrected chi connectivity index (χ3v) is 3.57. The minimum atomic E-state index is -0.611. The molecular formula is C14H11BrF2N2O2.